The van der Waals surface area contributed by atoms with Crippen molar-refractivity contribution >= 4 is 0 Å². The lowest BCUT2D eigenvalue weighted by Crippen LogP contribution is -2.35. The van der Waals surface area contributed by atoms with Gasteiger partial charge in [-0.3, -0.25) is 4.90 Å². The molecular formula is C15H21N3. The molecule has 0 spiro atoms. The van der Waals surface area contributed by atoms with Crippen LogP contribution in [-0.4, -0.2) is 23.0 Å². The van der Waals surface area contributed by atoms with Crippen molar-refractivity contribution in [2.24, 2.45) is 11.8 Å². The van der Waals surface area contributed by atoms with Crippen LogP contribution >= 0.6 is 0 Å². The van der Waals surface area contributed by atoms with E-state index in [-0.39, 0.29) is 0 Å². The van der Waals surface area contributed by atoms with Gasteiger partial charge in [0, 0.05) is 18.3 Å². The first-order chi connectivity index (χ1) is 8.70. The third-order valence-electron chi connectivity index (χ3n) is 3.97. The molecule has 3 nitrogen and oxygen atoms in total. The van der Waals surface area contributed by atoms with Crippen LogP contribution in [0.3, 0.4) is 0 Å². The second kappa shape index (κ2) is 5.97. The predicted octanol–water partition coefficient (Wildman–Crippen LogP) is 2.82. The lowest BCUT2D eigenvalue weighted by atomic mass is 9.86. The SMILES string of the molecule is CC(C)C1CCN(Cc2cccnc2C#N)CC1. The zero-order valence-corrected chi connectivity index (χ0v) is 11.3. The Morgan fingerprint density at radius 2 is 2.17 bits per heavy atom. The largest absolute Gasteiger partial charge is 0.299 e. The van der Waals surface area contributed by atoms with Gasteiger partial charge in [-0.15, -0.1) is 0 Å². The molecule has 0 amide bonds. The number of pyridine rings is 1. The Morgan fingerprint density at radius 1 is 1.44 bits per heavy atom. The van der Waals surface area contributed by atoms with Crippen LogP contribution in [-0.2, 0) is 6.54 Å². The summed E-state index contributed by atoms with van der Waals surface area (Å²) in [6.07, 6.45) is 4.24. The maximum atomic E-state index is 9.03. The zero-order valence-electron chi connectivity index (χ0n) is 11.3. The number of aromatic nitrogens is 1. The average molecular weight is 243 g/mol. The highest BCUT2D eigenvalue weighted by Gasteiger charge is 2.21. The van der Waals surface area contributed by atoms with E-state index < -0.39 is 0 Å². The number of piperidine rings is 1. The van der Waals surface area contributed by atoms with Crippen molar-refractivity contribution in [3.63, 3.8) is 0 Å². The second-order valence-corrected chi connectivity index (χ2v) is 5.48. The third-order valence-corrected chi connectivity index (χ3v) is 3.97. The lowest BCUT2D eigenvalue weighted by Gasteiger charge is -2.33. The molecule has 96 valence electrons. The minimum atomic E-state index is 0.573. The molecule has 0 atom stereocenters. The maximum absolute atomic E-state index is 9.03. The first-order valence-electron chi connectivity index (χ1n) is 6.77. The molecule has 0 unspecified atom stereocenters. The van der Waals surface area contributed by atoms with E-state index in [9.17, 15) is 0 Å². The van der Waals surface area contributed by atoms with Gasteiger partial charge >= 0.3 is 0 Å². The molecule has 1 aromatic heterocycles. The van der Waals surface area contributed by atoms with Gasteiger partial charge in [0.25, 0.3) is 0 Å². The Labute approximate surface area is 109 Å². The molecule has 1 fully saturated rings. The van der Waals surface area contributed by atoms with Gasteiger partial charge in [0.1, 0.15) is 11.8 Å². The monoisotopic (exact) mass is 243 g/mol. The fourth-order valence-corrected chi connectivity index (χ4v) is 2.69. The van der Waals surface area contributed by atoms with Crippen molar-refractivity contribution in [1.82, 2.24) is 9.88 Å². The molecule has 3 heteroatoms. The van der Waals surface area contributed by atoms with Crippen LogP contribution in [0.4, 0.5) is 0 Å². The molecule has 1 aliphatic heterocycles. The number of likely N-dealkylation sites (tertiary alicyclic amines) is 1. The molecule has 0 saturated carbocycles. The molecule has 1 aliphatic rings. The topological polar surface area (TPSA) is 39.9 Å². The maximum Gasteiger partial charge on any atom is 0.144 e. The lowest BCUT2D eigenvalue weighted by molar-refractivity contribution is 0.152. The van der Waals surface area contributed by atoms with E-state index >= 15 is 0 Å². The first-order valence-corrected chi connectivity index (χ1v) is 6.77. The molecule has 1 saturated heterocycles. The van der Waals surface area contributed by atoms with Gasteiger partial charge in [0.15, 0.2) is 0 Å². The van der Waals surface area contributed by atoms with Crippen LogP contribution < -0.4 is 0 Å². The molecule has 1 aromatic rings. The van der Waals surface area contributed by atoms with Crippen LogP contribution in [0.15, 0.2) is 18.3 Å². The molecule has 0 radical (unpaired) electrons. The molecule has 0 N–H and O–H groups in total. The standard InChI is InChI=1S/C15H21N3/c1-12(2)13-5-8-18(9-6-13)11-14-4-3-7-17-15(14)10-16/h3-4,7,12-13H,5-6,8-9,11H2,1-2H3. The van der Waals surface area contributed by atoms with Gasteiger partial charge in [-0.25, -0.2) is 4.98 Å². The molecule has 0 aromatic carbocycles. The summed E-state index contributed by atoms with van der Waals surface area (Å²) < 4.78 is 0. The van der Waals surface area contributed by atoms with Crippen molar-refractivity contribution in [3.8, 4) is 6.07 Å². The van der Waals surface area contributed by atoms with Crippen molar-refractivity contribution < 1.29 is 0 Å². The molecule has 2 rings (SSSR count). The number of nitrogens with zero attached hydrogens (tertiary/aromatic N) is 3. The number of rotatable bonds is 3. The van der Waals surface area contributed by atoms with Crippen LogP contribution in [0.25, 0.3) is 0 Å². The van der Waals surface area contributed by atoms with E-state index in [1.165, 1.54) is 12.8 Å². The third kappa shape index (κ3) is 3.08. The fraction of sp³-hybridized carbons (Fsp3) is 0.600. The summed E-state index contributed by atoms with van der Waals surface area (Å²) in [7, 11) is 0. The Balaban J connectivity index is 1.94. The molecule has 2 heterocycles. The minimum absolute atomic E-state index is 0.573. The fourth-order valence-electron chi connectivity index (χ4n) is 2.69. The van der Waals surface area contributed by atoms with Crippen LogP contribution in [0, 0.1) is 23.2 Å². The van der Waals surface area contributed by atoms with E-state index in [0.29, 0.717) is 5.69 Å². The number of nitriles is 1. The predicted molar refractivity (Wildman–Crippen MR) is 71.8 cm³/mol. The quantitative estimate of drug-likeness (QED) is 0.819. The zero-order chi connectivity index (χ0) is 13.0. The van der Waals surface area contributed by atoms with Crippen LogP contribution in [0.1, 0.15) is 37.9 Å². The van der Waals surface area contributed by atoms with Crippen LogP contribution in [0.2, 0.25) is 0 Å². The highest BCUT2D eigenvalue weighted by atomic mass is 15.1. The van der Waals surface area contributed by atoms with Crippen molar-refractivity contribution in [3.05, 3.63) is 29.6 Å². The van der Waals surface area contributed by atoms with Gasteiger partial charge in [-0.1, -0.05) is 19.9 Å². The Kier molecular flexibility index (Phi) is 4.33. The van der Waals surface area contributed by atoms with E-state index in [1.807, 2.05) is 12.1 Å². The van der Waals surface area contributed by atoms with Crippen molar-refractivity contribution in [1.29, 1.82) is 5.26 Å². The highest BCUT2D eigenvalue weighted by molar-refractivity contribution is 5.30. The number of hydrogen-bond acceptors (Lipinski definition) is 3. The van der Waals surface area contributed by atoms with E-state index in [1.54, 1.807) is 6.20 Å². The summed E-state index contributed by atoms with van der Waals surface area (Å²) in [5.41, 5.74) is 1.63. The van der Waals surface area contributed by atoms with Gasteiger partial charge in [0.2, 0.25) is 0 Å². The second-order valence-electron chi connectivity index (χ2n) is 5.48. The number of hydrogen-bond donors (Lipinski definition) is 0. The van der Waals surface area contributed by atoms with Crippen molar-refractivity contribution in [2.45, 2.75) is 33.2 Å². The minimum Gasteiger partial charge on any atom is -0.299 e. The molecule has 18 heavy (non-hydrogen) atoms. The van der Waals surface area contributed by atoms with Gasteiger partial charge < -0.3 is 0 Å². The Morgan fingerprint density at radius 3 is 2.78 bits per heavy atom. The van der Waals surface area contributed by atoms with E-state index in [4.69, 9.17) is 5.26 Å². The average Bonchev–Trinajstić information content (AvgIpc) is 2.40. The smallest absolute Gasteiger partial charge is 0.144 e. The Bertz CT molecular complexity index is 426. The van der Waals surface area contributed by atoms with Gasteiger partial charge in [0.05, 0.1) is 0 Å². The molecule has 0 bridgehead atoms. The summed E-state index contributed by atoms with van der Waals surface area (Å²) in [4.78, 5) is 6.56. The summed E-state index contributed by atoms with van der Waals surface area (Å²) in [5, 5.41) is 9.03. The summed E-state index contributed by atoms with van der Waals surface area (Å²) in [6, 6.07) is 6.10. The first kappa shape index (κ1) is 13.0. The van der Waals surface area contributed by atoms with E-state index in [2.05, 4.69) is 29.8 Å². The summed E-state index contributed by atoms with van der Waals surface area (Å²) in [6.45, 7) is 7.78. The van der Waals surface area contributed by atoms with Gasteiger partial charge in [-0.2, -0.15) is 5.26 Å². The molecule has 0 aliphatic carbocycles. The normalized spacial score (nSPS) is 17.9. The Hall–Kier alpha value is -1.40. The highest BCUT2D eigenvalue weighted by Crippen LogP contribution is 2.25. The van der Waals surface area contributed by atoms with Crippen molar-refractivity contribution in [2.75, 3.05) is 13.1 Å². The summed E-state index contributed by atoms with van der Waals surface area (Å²) >= 11 is 0. The van der Waals surface area contributed by atoms with Gasteiger partial charge in [-0.05, 0) is 43.8 Å². The van der Waals surface area contributed by atoms with Crippen LogP contribution in [0.5, 0.6) is 0 Å². The summed E-state index contributed by atoms with van der Waals surface area (Å²) in [5.74, 6) is 1.66. The van der Waals surface area contributed by atoms with E-state index in [0.717, 1.165) is 37.0 Å². The molecular weight excluding hydrogens is 222 g/mol.